The molecule has 0 amide bonds. The topological polar surface area (TPSA) is 167 Å². The van der Waals surface area contributed by atoms with Crippen LogP contribution in [0.25, 0.3) is 97.0 Å². The predicted octanol–water partition coefficient (Wildman–Crippen LogP) is 21.4. The van der Waals surface area contributed by atoms with Crippen molar-refractivity contribution in [3.05, 3.63) is 176 Å². The zero-order valence-electron chi connectivity index (χ0n) is 59.3. The number of fused-ring (bicyclic) bond motifs is 6. The molecule has 0 aromatic heterocycles. The van der Waals surface area contributed by atoms with Gasteiger partial charge in [-0.05, 0) is 218 Å². The van der Waals surface area contributed by atoms with Crippen molar-refractivity contribution in [1.29, 1.82) is 0 Å². The Hall–Kier alpha value is -8.15. The number of hydrogen-bond acceptors (Lipinski definition) is 13. The van der Waals surface area contributed by atoms with Crippen molar-refractivity contribution in [2.45, 2.75) is 173 Å². The normalized spacial score (nSPS) is 15.0. The number of hydrogen-bond donors (Lipinski definition) is 0. The van der Waals surface area contributed by atoms with E-state index in [-0.39, 0.29) is 56.0 Å². The van der Waals surface area contributed by atoms with Crippen molar-refractivity contribution in [1.82, 2.24) is 0 Å². The van der Waals surface area contributed by atoms with E-state index in [1.807, 2.05) is 75.4 Å². The monoisotopic (exact) mass is 1500 g/mol. The number of esters is 3. The van der Waals surface area contributed by atoms with Crippen LogP contribution in [0.15, 0.2) is 142 Å². The van der Waals surface area contributed by atoms with E-state index in [0.29, 0.717) is 69.4 Å². The second kappa shape index (κ2) is 29.9. The molecule has 2 fully saturated rings. The van der Waals surface area contributed by atoms with Crippen molar-refractivity contribution >= 4 is 189 Å². The molecule has 2 heterocycles. The summed E-state index contributed by atoms with van der Waals surface area (Å²) < 4.78 is 43.5. The number of carbonyl (C=O) groups is 6. The highest BCUT2D eigenvalue weighted by Gasteiger charge is 2.54. The van der Waals surface area contributed by atoms with E-state index in [4.69, 9.17) is 32.8 Å². The molecule has 17 heteroatoms. The first kappa shape index (κ1) is 76.5. The first-order valence-electron chi connectivity index (χ1n) is 34.6. The van der Waals surface area contributed by atoms with Gasteiger partial charge in [-0.25, -0.2) is 14.4 Å². The minimum Gasteiger partial charge on any atom is -0.462 e. The Balaban J connectivity index is 0.000000197. The number of halogens is 2. The van der Waals surface area contributed by atoms with E-state index >= 15 is 0 Å². The molecule has 0 radical (unpaired) electrons. The van der Waals surface area contributed by atoms with Gasteiger partial charge in [-0.2, -0.15) is 0 Å². The Morgan fingerprint density at radius 1 is 0.333 bits per heavy atom. The average Bonchev–Trinajstić information content (AvgIpc) is 1.57. The van der Waals surface area contributed by atoms with E-state index in [9.17, 15) is 28.8 Å². The van der Waals surface area contributed by atoms with Gasteiger partial charge in [-0.15, -0.1) is 0 Å². The molecule has 0 N–H and O–H groups in total. The van der Waals surface area contributed by atoms with Crippen molar-refractivity contribution in [3.63, 3.8) is 0 Å². The number of benzene rings is 12. The van der Waals surface area contributed by atoms with Crippen LogP contribution in [-0.2, 0) is 32.8 Å². The first-order valence-corrected chi connectivity index (χ1v) is 36.1. The molecule has 530 valence electrons. The zero-order valence-corrected chi connectivity index (χ0v) is 62.5. The molecular weight excluding hydrogens is 1410 g/mol. The van der Waals surface area contributed by atoms with E-state index in [1.165, 1.54) is 20.8 Å². The molecule has 12 aromatic rings. The molecule has 12 aromatic carbocycles. The summed E-state index contributed by atoms with van der Waals surface area (Å²) >= 11 is 6.97. The Bertz CT molecular complexity index is 4940. The van der Waals surface area contributed by atoms with Gasteiger partial charge in [-0.3, -0.25) is 14.4 Å². The molecule has 0 spiro atoms. The lowest BCUT2D eigenvalue weighted by atomic mass is 9.70. The second-order valence-corrected chi connectivity index (χ2v) is 30.0. The number of ketones is 3. The van der Waals surface area contributed by atoms with Crippen LogP contribution in [0.1, 0.15) is 214 Å². The third-order valence-electron chi connectivity index (χ3n) is 20.7. The van der Waals surface area contributed by atoms with Gasteiger partial charge in [0.1, 0.15) is 0 Å². The lowest BCUT2D eigenvalue weighted by Crippen LogP contribution is -2.41. The number of unbranched alkanes of at least 4 members (excludes halogenated alkanes) is 3. The first-order chi connectivity index (χ1) is 47.6. The maximum atomic E-state index is 13.4. The summed E-state index contributed by atoms with van der Waals surface area (Å²) in [6.07, 6.45) is 5.13. The summed E-state index contributed by atoms with van der Waals surface area (Å²) in [6.45, 7) is 28.3. The fourth-order valence-corrected chi connectivity index (χ4v) is 15.3. The molecule has 2 aliphatic rings. The van der Waals surface area contributed by atoms with Gasteiger partial charge in [0.15, 0.2) is 17.3 Å². The van der Waals surface area contributed by atoms with Crippen LogP contribution in [0.2, 0.25) is 0 Å². The lowest BCUT2D eigenvalue weighted by molar-refractivity contribution is 0.00578. The number of ether oxygens (including phenoxy) is 3. The summed E-state index contributed by atoms with van der Waals surface area (Å²) in [7, 11) is -0.801. The Morgan fingerprint density at radius 2 is 0.569 bits per heavy atom. The zero-order chi connectivity index (χ0) is 71.7. The summed E-state index contributed by atoms with van der Waals surface area (Å²) in [5, 5.41) is 16.7. The maximum Gasteiger partial charge on any atom is 0.495 e. The van der Waals surface area contributed by atoms with Crippen LogP contribution in [0.5, 0.6) is 0 Å². The fraction of sp³-hybridized carbons (Fsp3) is 0.341. The molecule has 14 rings (SSSR count). The summed E-state index contributed by atoms with van der Waals surface area (Å²) in [5.41, 5.74) is 3.30. The average molecular weight is 1500 g/mol. The summed E-state index contributed by atoms with van der Waals surface area (Å²) in [6, 6.07) is 43.2. The van der Waals surface area contributed by atoms with Crippen LogP contribution in [-0.4, -0.2) is 91.7 Å². The van der Waals surface area contributed by atoms with E-state index in [2.05, 4.69) is 136 Å². The Labute approximate surface area is 616 Å². The molecule has 0 atom stereocenters. The van der Waals surface area contributed by atoms with Crippen LogP contribution in [0, 0.1) is 0 Å². The van der Waals surface area contributed by atoms with E-state index < -0.39 is 32.1 Å². The highest BCUT2D eigenvalue weighted by atomic mass is 79.9. The third kappa shape index (κ3) is 13.5. The molecule has 2 aliphatic heterocycles. The Kier molecular flexibility index (Phi) is 22.4. The van der Waals surface area contributed by atoms with Crippen LogP contribution >= 0.6 is 31.9 Å². The second-order valence-electron chi connectivity index (χ2n) is 28.3. The fourth-order valence-electron chi connectivity index (χ4n) is 13.9. The summed E-state index contributed by atoms with van der Waals surface area (Å²) in [4.78, 5) is 77.2. The van der Waals surface area contributed by atoms with E-state index in [1.54, 1.807) is 30.3 Å². The van der Waals surface area contributed by atoms with Crippen LogP contribution in [0.3, 0.4) is 0 Å². The van der Waals surface area contributed by atoms with Gasteiger partial charge in [0.2, 0.25) is 0 Å². The molecule has 0 saturated carbocycles. The third-order valence-corrected chi connectivity index (χ3v) is 22.0. The summed E-state index contributed by atoms with van der Waals surface area (Å²) in [5.74, 6) is -1.57. The van der Waals surface area contributed by atoms with Gasteiger partial charge in [0.05, 0.1) is 58.9 Å². The van der Waals surface area contributed by atoms with Gasteiger partial charge >= 0.3 is 32.1 Å². The smallest absolute Gasteiger partial charge is 0.462 e. The quantitative estimate of drug-likeness (QED) is 0.0161. The number of carbonyl (C=O) groups excluding carboxylic acids is 6. The molecule has 0 unspecified atom stereocenters. The van der Waals surface area contributed by atoms with Crippen molar-refractivity contribution in [3.8, 4) is 0 Å². The van der Waals surface area contributed by atoms with E-state index in [0.717, 1.165) is 139 Å². The van der Waals surface area contributed by atoms with Gasteiger partial charge < -0.3 is 32.8 Å². The van der Waals surface area contributed by atoms with Crippen LogP contribution < -0.4 is 10.9 Å². The maximum absolute atomic E-state index is 13.4. The molecule has 0 bridgehead atoms. The largest absolute Gasteiger partial charge is 0.495 e. The lowest BCUT2D eigenvalue weighted by Gasteiger charge is -2.32. The standard InChI is InChI=1S/C44H36O6.C22H30B2O4.C17H16Br2O3.2CH4.H2/c1-5-7-21-49-43(47)35-19-17-33-31-15-16-32-34-18-20-36(44(48)50-22-8-6-2)38-26(24(4)46)10-12-28(40(34)38)30-14-13-29(41(31)42(30)32)27-11-9-25(23(3)45)37(35)39(27)33;1-19(2)20(3,4)26-23(25-19)17-13-14-18(16-12-10-9-11-15(16)17)24-27-21(5,6)22(7,8)28-24;1-3-4-9-22-17(21)12-6-8-14(19)16-13(18)7-5-11(10(2)20)15(12)16;;;/h9-20H,5-8,21-22H2,1-4H3;9-14H,1-8H3;5-8H,3-4,9H2,1-2H3;2*1H4;1H/i;;;;;1+1. The SMILES string of the molecule is C.C.CC1(C)OB(c2ccc(B3OC(C)(C)C(C)(C)O3)c3ccccc23)OC1(C)C.CCCCOC(=O)c1ccc(Br)c2c(Br)ccc(C(C)=O)c12.CCCCOC(=O)c1ccc2c3ccc4c5ccc(C(=O)OCCCC)c6c(C(C)=O)ccc(c7ccc(c8ccc(C(C)=O)c1c82)c3c74)c65.[2HH]. The molecule has 2 saturated heterocycles. The molecular formula is C85H92B2Br2O13. The molecule has 0 aliphatic carbocycles. The van der Waals surface area contributed by atoms with Gasteiger partial charge in [0.25, 0.3) is 0 Å². The Morgan fingerprint density at radius 3 is 0.843 bits per heavy atom. The molecule has 102 heavy (non-hydrogen) atoms. The van der Waals surface area contributed by atoms with Gasteiger partial charge in [0, 0.05) is 48.6 Å². The van der Waals surface area contributed by atoms with Gasteiger partial charge in [-0.1, -0.05) is 184 Å². The highest BCUT2D eigenvalue weighted by Crippen LogP contribution is 2.50. The minimum absolute atomic E-state index is 0. The minimum atomic E-state index is -0.427. The number of Topliss-reactive ketones (excluding diaryl/α,β-unsaturated/α-hetero) is 3. The number of rotatable bonds is 17. The molecule has 13 nitrogen and oxygen atoms in total. The van der Waals surface area contributed by atoms with Crippen LogP contribution in [0.4, 0.5) is 0 Å². The highest BCUT2D eigenvalue weighted by molar-refractivity contribution is 9.11. The predicted molar refractivity (Wildman–Crippen MR) is 427 cm³/mol. The van der Waals surface area contributed by atoms with Crippen molar-refractivity contribution in [2.24, 2.45) is 0 Å². The van der Waals surface area contributed by atoms with Crippen molar-refractivity contribution in [2.75, 3.05) is 19.8 Å². The van der Waals surface area contributed by atoms with Crippen molar-refractivity contribution < 1.29 is 63.0 Å².